The van der Waals surface area contributed by atoms with Crippen molar-refractivity contribution in [2.45, 2.75) is 20.4 Å². The standard InChI is InChI=1S/C14H21NO/c1-12(2)9-10-15(3)11-13-5-7-14(16-4)8-6-13/h5-9H,10-11H2,1-4H3. The number of ether oxygens (including phenoxy) is 1. The highest BCUT2D eigenvalue weighted by molar-refractivity contribution is 5.27. The van der Waals surface area contributed by atoms with E-state index in [0.717, 1.165) is 18.8 Å². The predicted octanol–water partition coefficient (Wildman–Crippen LogP) is 3.09. The number of nitrogens with zero attached hydrogens (tertiary/aromatic N) is 1. The second-order valence-corrected chi connectivity index (χ2v) is 4.33. The summed E-state index contributed by atoms with van der Waals surface area (Å²) in [6.07, 6.45) is 2.24. The minimum Gasteiger partial charge on any atom is -0.497 e. The molecule has 1 aromatic carbocycles. The summed E-state index contributed by atoms with van der Waals surface area (Å²) in [6, 6.07) is 8.23. The zero-order valence-electron chi connectivity index (χ0n) is 10.7. The van der Waals surface area contributed by atoms with Crippen LogP contribution >= 0.6 is 0 Å². The summed E-state index contributed by atoms with van der Waals surface area (Å²) in [7, 11) is 3.82. The van der Waals surface area contributed by atoms with Gasteiger partial charge in [-0.1, -0.05) is 23.8 Å². The molecule has 2 nitrogen and oxygen atoms in total. The van der Waals surface area contributed by atoms with Gasteiger partial charge in [0.15, 0.2) is 0 Å². The Morgan fingerprint density at radius 2 is 1.88 bits per heavy atom. The summed E-state index contributed by atoms with van der Waals surface area (Å²) in [5.74, 6) is 0.913. The zero-order valence-corrected chi connectivity index (χ0v) is 10.7. The van der Waals surface area contributed by atoms with E-state index >= 15 is 0 Å². The summed E-state index contributed by atoms with van der Waals surface area (Å²) < 4.78 is 5.13. The minimum absolute atomic E-state index is 0.913. The number of hydrogen-bond donors (Lipinski definition) is 0. The van der Waals surface area contributed by atoms with E-state index in [0.29, 0.717) is 0 Å². The fourth-order valence-electron chi connectivity index (χ4n) is 1.45. The zero-order chi connectivity index (χ0) is 12.0. The third kappa shape index (κ3) is 4.49. The maximum atomic E-state index is 5.13. The van der Waals surface area contributed by atoms with E-state index in [4.69, 9.17) is 4.74 Å². The molecule has 1 rings (SSSR count). The van der Waals surface area contributed by atoms with Gasteiger partial charge >= 0.3 is 0 Å². The van der Waals surface area contributed by atoms with Crippen LogP contribution in [0.5, 0.6) is 5.75 Å². The lowest BCUT2D eigenvalue weighted by atomic mass is 10.2. The molecule has 1 aromatic rings. The molecule has 0 N–H and O–H groups in total. The monoisotopic (exact) mass is 219 g/mol. The second-order valence-electron chi connectivity index (χ2n) is 4.33. The molecular formula is C14H21NO. The van der Waals surface area contributed by atoms with E-state index in [1.807, 2.05) is 12.1 Å². The van der Waals surface area contributed by atoms with Crippen LogP contribution < -0.4 is 4.74 Å². The van der Waals surface area contributed by atoms with Crippen LogP contribution in [0.4, 0.5) is 0 Å². The molecule has 0 amide bonds. The van der Waals surface area contributed by atoms with Gasteiger partial charge in [-0.15, -0.1) is 0 Å². The Labute approximate surface area is 98.5 Å². The van der Waals surface area contributed by atoms with Crippen molar-refractivity contribution in [2.75, 3.05) is 20.7 Å². The molecule has 0 atom stereocenters. The molecule has 0 radical (unpaired) electrons. The highest BCUT2D eigenvalue weighted by Gasteiger charge is 1.99. The van der Waals surface area contributed by atoms with E-state index in [2.05, 4.69) is 44.0 Å². The third-order valence-electron chi connectivity index (χ3n) is 2.42. The average molecular weight is 219 g/mol. The average Bonchev–Trinajstić information content (AvgIpc) is 2.27. The smallest absolute Gasteiger partial charge is 0.118 e. The van der Waals surface area contributed by atoms with Crippen LogP contribution in [0, 0.1) is 0 Å². The van der Waals surface area contributed by atoms with Crippen molar-refractivity contribution >= 4 is 0 Å². The lowest BCUT2D eigenvalue weighted by molar-refractivity contribution is 0.362. The van der Waals surface area contributed by atoms with Crippen molar-refractivity contribution in [3.8, 4) is 5.75 Å². The molecule has 0 fully saturated rings. The summed E-state index contributed by atoms with van der Waals surface area (Å²) in [5, 5.41) is 0. The van der Waals surface area contributed by atoms with E-state index in [9.17, 15) is 0 Å². The molecule has 0 bridgehead atoms. The van der Waals surface area contributed by atoms with Crippen LogP contribution in [0.15, 0.2) is 35.9 Å². The number of allylic oxidation sites excluding steroid dienone is 1. The Bertz CT molecular complexity index is 336. The van der Waals surface area contributed by atoms with Gasteiger partial charge in [0, 0.05) is 13.1 Å². The van der Waals surface area contributed by atoms with Crippen molar-refractivity contribution in [2.24, 2.45) is 0 Å². The van der Waals surface area contributed by atoms with Gasteiger partial charge in [-0.3, -0.25) is 4.90 Å². The lowest BCUT2D eigenvalue weighted by Crippen LogP contribution is -2.17. The lowest BCUT2D eigenvalue weighted by Gasteiger charge is -2.14. The molecule has 2 heteroatoms. The molecule has 0 aliphatic heterocycles. The van der Waals surface area contributed by atoms with Crippen LogP contribution in [0.3, 0.4) is 0 Å². The van der Waals surface area contributed by atoms with E-state index in [1.165, 1.54) is 11.1 Å². The number of rotatable bonds is 5. The number of likely N-dealkylation sites (N-methyl/N-ethyl adjacent to an activating group) is 1. The predicted molar refractivity (Wildman–Crippen MR) is 68.8 cm³/mol. The molecule has 0 saturated carbocycles. The summed E-state index contributed by atoms with van der Waals surface area (Å²) in [5.41, 5.74) is 2.67. The van der Waals surface area contributed by atoms with Gasteiger partial charge in [-0.2, -0.15) is 0 Å². The molecule has 0 aliphatic rings. The topological polar surface area (TPSA) is 12.5 Å². The molecule has 0 aromatic heterocycles. The largest absolute Gasteiger partial charge is 0.497 e. The Balaban J connectivity index is 2.49. The first-order chi connectivity index (χ1) is 7.61. The maximum Gasteiger partial charge on any atom is 0.118 e. The first-order valence-electron chi connectivity index (χ1n) is 5.56. The molecule has 88 valence electrons. The van der Waals surface area contributed by atoms with Crippen molar-refractivity contribution < 1.29 is 4.74 Å². The Hall–Kier alpha value is -1.28. The van der Waals surface area contributed by atoms with Gasteiger partial charge in [0.05, 0.1) is 7.11 Å². The third-order valence-corrected chi connectivity index (χ3v) is 2.42. The van der Waals surface area contributed by atoms with Crippen molar-refractivity contribution in [1.29, 1.82) is 0 Å². The van der Waals surface area contributed by atoms with Crippen LogP contribution in [0.1, 0.15) is 19.4 Å². The van der Waals surface area contributed by atoms with E-state index in [1.54, 1.807) is 7.11 Å². The highest BCUT2D eigenvalue weighted by atomic mass is 16.5. The van der Waals surface area contributed by atoms with E-state index in [-0.39, 0.29) is 0 Å². The van der Waals surface area contributed by atoms with Crippen molar-refractivity contribution in [3.05, 3.63) is 41.5 Å². The molecule has 16 heavy (non-hydrogen) atoms. The molecule has 0 saturated heterocycles. The SMILES string of the molecule is COc1ccc(CN(C)CC=C(C)C)cc1. The number of methoxy groups -OCH3 is 1. The summed E-state index contributed by atoms with van der Waals surface area (Å²) >= 11 is 0. The summed E-state index contributed by atoms with van der Waals surface area (Å²) in [4.78, 5) is 2.29. The molecule has 0 heterocycles. The van der Waals surface area contributed by atoms with Crippen molar-refractivity contribution in [1.82, 2.24) is 4.90 Å². The fraction of sp³-hybridized carbons (Fsp3) is 0.429. The first-order valence-corrected chi connectivity index (χ1v) is 5.56. The van der Waals surface area contributed by atoms with Gasteiger partial charge in [0.1, 0.15) is 5.75 Å². The normalized spacial score (nSPS) is 10.3. The van der Waals surface area contributed by atoms with E-state index < -0.39 is 0 Å². The van der Waals surface area contributed by atoms with Gasteiger partial charge < -0.3 is 4.74 Å². The number of benzene rings is 1. The minimum atomic E-state index is 0.913. The molecule has 0 spiro atoms. The van der Waals surface area contributed by atoms with Gasteiger partial charge in [-0.25, -0.2) is 0 Å². The fourth-order valence-corrected chi connectivity index (χ4v) is 1.45. The van der Waals surface area contributed by atoms with Crippen LogP contribution in [-0.2, 0) is 6.54 Å². The van der Waals surface area contributed by atoms with Crippen LogP contribution in [0.2, 0.25) is 0 Å². The maximum absolute atomic E-state index is 5.13. The quantitative estimate of drug-likeness (QED) is 0.706. The number of hydrogen-bond acceptors (Lipinski definition) is 2. The first kappa shape index (κ1) is 12.8. The van der Waals surface area contributed by atoms with Crippen LogP contribution in [-0.4, -0.2) is 25.6 Å². The van der Waals surface area contributed by atoms with Gasteiger partial charge in [-0.05, 0) is 38.6 Å². The Morgan fingerprint density at radius 3 is 2.38 bits per heavy atom. The van der Waals surface area contributed by atoms with Gasteiger partial charge in [0.2, 0.25) is 0 Å². The van der Waals surface area contributed by atoms with Gasteiger partial charge in [0.25, 0.3) is 0 Å². The Kier molecular flexibility index (Phi) is 5.06. The second kappa shape index (κ2) is 6.33. The molecule has 0 unspecified atom stereocenters. The van der Waals surface area contributed by atoms with Crippen molar-refractivity contribution in [3.63, 3.8) is 0 Å². The van der Waals surface area contributed by atoms with Crippen LogP contribution in [0.25, 0.3) is 0 Å². The molecule has 0 aliphatic carbocycles. The highest BCUT2D eigenvalue weighted by Crippen LogP contribution is 2.12. The molecular weight excluding hydrogens is 198 g/mol. The Morgan fingerprint density at radius 1 is 1.25 bits per heavy atom. The summed E-state index contributed by atoms with van der Waals surface area (Å²) in [6.45, 7) is 6.21.